The zero-order chi connectivity index (χ0) is 21.7. The van der Waals surface area contributed by atoms with E-state index in [0.29, 0.717) is 23.0 Å². The monoisotopic (exact) mass is 470 g/mol. The third-order valence-corrected chi connectivity index (χ3v) is 5.44. The Morgan fingerprint density at radius 3 is 2.43 bits per heavy atom. The fourth-order valence-electron chi connectivity index (χ4n) is 3.17. The van der Waals surface area contributed by atoms with Gasteiger partial charge in [0.05, 0.1) is 12.1 Å². The van der Waals surface area contributed by atoms with Gasteiger partial charge in [-0.1, -0.05) is 55.8 Å². The zero-order valence-electron chi connectivity index (χ0n) is 16.6. The summed E-state index contributed by atoms with van der Waals surface area (Å²) in [7, 11) is 0. The molecule has 0 radical (unpaired) electrons. The molecule has 7 nitrogen and oxygen atoms in total. The van der Waals surface area contributed by atoms with Crippen LogP contribution < -0.4 is 21.9 Å². The second-order valence-electron chi connectivity index (χ2n) is 6.86. The van der Waals surface area contributed by atoms with Crippen molar-refractivity contribution in [2.75, 3.05) is 10.6 Å². The number of rotatable bonds is 7. The lowest BCUT2D eigenvalue weighted by molar-refractivity contribution is 0.0984. The fraction of sp³-hybridized carbons (Fsp3) is 0.227. The molecule has 0 fully saturated rings. The highest BCUT2D eigenvalue weighted by atomic mass is 79.9. The molecule has 3 N–H and O–H groups in total. The molecule has 0 bridgehead atoms. The predicted octanol–water partition coefficient (Wildman–Crippen LogP) is 3.53. The summed E-state index contributed by atoms with van der Waals surface area (Å²) >= 11 is 3.40. The van der Waals surface area contributed by atoms with Crippen LogP contribution in [0.1, 0.15) is 35.7 Å². The molecule has 3 rings (SSSR count). The summed E-state index contributed by atoms with van der Waals surface area (Å²) in [6.45, 7) is 2.47. The number of unbranched alkanes of at least 4 members (excludes halogenated alkanes) is 1. The van der Waals surface area contributed by atoms with Crippen molar-refractivity contribution in [2.24, 2.45) is 0 Å². The summed E-state index contributed by atoms with van der Waals surface area (Å²) in [5.41, 5.74) is 6.18. The smallest absolute Gasteiger partial charge is 0.330 e. The normalized spacial score (nSPS) is 10.7. The number of nitrogen functional groups attached to an aromatic ring is 1. The maximum Gasteiger partial charge on any atom is 0.330 e. The second kappa shape index (κ2) is 9.58. The number of anilines is 2. The summed E-state index contributed by atoms with van der Waals surface area (Å²) in [6, 6.07) is 16.3. The Bertz CT molecular complexity index is 1160. The molecule has 3 aromatic rings. The first-order valence-corrected chi connectivity index (χ1v) is 10.5. The summed E-state index contributed by atoms with van der Waals surface area (Å²) in [4.78, 5) is 42.2. The molecule has 0 unspecified atom stereocenters. The second-order valence-corrected chi connectivity index (χ2v) is 7.71. The van der Waals surface area contributed by atoms with Crippen LogP contribution in [0.5, 0.6) is 0 Å². The van der Waals surface area contributed by atoms with Crippen molar-refractivity contribution >= 4 is 33.3 Å². The third kappa shape index (κ3) is 4.54. The summed E-state index contributed by atoms with van der Waals surface area (Å²) < 4.78 is 1.91. The van der Waals surface area contributed by atoms with Gasteiger partial charge in [0.1, 0.15) is 5.82 Å². The van der Waals surface area contributed by atoms with Crippen LogP contribution in [0.4, 0.5) is 11.5 Å². The van der Waals surface area contributed by atoms with E-state index in [2.05, 4.69) is 20.9 Å². The standard InChI is InChI=1S/C22H23BrN4O3/c1-2-3-13-26-19(24)18(20(28)25-22(26)30)27(14-15-9-5-4-6-10-15)21(29)16-11-7-8-12-17(16)23/h4-12H,2-3,13-14,24H2,1H3,(H,25,28,30). The van der Waals surface area contributed by atoms with Gasteiger partial charge in [0.15, 0.2) is 5.69 Å². The van der Waals surface area contributed by atoms with Gasteiger partial charge in [-0.3, -0.25) is 24.0 Å². The van der Waals surface area contributed by atoms with Crippen LogP contribution in [-0.4, -0.2) is 15.5 Å². The number of amides is 1. The summed E-state index contributed by atoms with van der Waals surface area (Å²) in [6.07, 6.45) is 1.57. The van der Waals surface area contributed by atoms with Gasteiger partial charge in [0.25, 0.3) is 11.5 Å². The minimum atomic E-state index is -0.693. The lowest BCUT2D eigenvalue weighted by atomic mass is 10.1. The van der Waals surface area contributed by atoms with Gasteiger partial charge in [-0.25, -0.2) is 4.79 Å². The van der Waals surface area contributed by atoms with Crippen LogP contribution >= 0.6 is 15.9 Å². The summed E-state index contributed by atoms with van der Waals surface area (Å²) in [5.74, 6) is -0.419. The van der Waals surface area contributed by atoms with Gasteiger partial charge in [0.2, 0.25) is 0 Å². The first kappa shape index (κ1) is 21.6. The van der Waals surface area contributed by atoms with Gasteiger partial charge >= 0.3 is 5.69 Å². The van der Waals surface area contributed by atoms with Gasteiger partial charge in [0, 0.05) is 11.0 Å². The van der Waals surface area contributed by atoms with Crippen molar-refractivity contribution in [1.29, 1.82) is 0 Å². The minimum absolute atomic E-state index is 0.0199. The number of carbonyl (C=O) groups excluding carboxylic acids is 1. The van der Waals surface area contributed by atoms with E-state index in [9.17, 15) is 14.4 Å². The van der Waals surface area contributed by atoms with Crippen LogP contribution in [0.2, 0.25) is 0 Å². The van der Waals surface area contributed by atoms with Gasteiger partial charge in [-0.2, -0.15) is 0 Å². The lowest BCUT2D eigenvalue weighted by Gasteiger charge is -2.25. The number of benzene rings is 2. The maximum absolute atomic E-state index is 13.5. The maximum atomic E-state index is 13.5. The van der Waals surface area contributed by atoms with E-state index in [-0.39, 0.29) is 18.1 Å². The SMILES string of the molecule is CCCCn1c(N)c(N(Cc2ccccc2)C(=O)c2ccccc2Br)c(=O)[nH]c1=O. The van der Waals surface area contributed by atoms with Crippen molar-refractivity contribution in [3.63, 3.8) is 0 Å². The summed E-state index contributed by atoms with van der Waals surface area (Å²) in [5, 5.41) is 0. The molecule has 0 spiro atoms. The molecular weight excluding hydrogens is 448 g/mol. The molecule has 0 saturated carbocycles. The number of hydrogen-bond acceptors (Lipinski definition) is 4. The molecule has 0 aliphatic heterocycles. The topological polar surface area (TPSA) is 101 Å². The number of nitrogens with two attached hydrogens (primary N) is 1. The average molecular weight is 471 g/mol. The Balaban J connectivity index is 2.17. The molecule has 0 atom stereocenters. The van der Waals surface area contributed by atoms with E-state index in [1.165, 1.54) is 9.47 Å². The molecule has 1 aromatic heterocycles. The molecule has 30 heavy (non-hydrogen) atoms. The largest absolute Gasteiger partial charge is 0.383 e. The number of H-pyrrole nitrogens is 1. The molecule has 0 aliphatic rings. The van der Waals surface area contributed by atoms with Crippen molar-refractivity contribution in [3.05, 3.63) is 91.0 Å². The average Bonchev–Trinajstić information content (AvgIpc) is 2.73. The van der Waals surface area contributed by atoms with Crippen LogP contribution in [0.3, 0.4) is 0 Å². The Kier molecular flexibility index (Phi) is 6.89. The van der Waals surface area contributed by atoms with E-state index in [4.69, 9.17) is 5.73 Å². The highest BCUT2D eigenvalue weighted by Crippen LogP contribution is 2.25. The molecule has 2 aromatic carbocycles. The fourth-order valence-corrected chi connectivity index (χ4v) is 3.63. The van der Waals surface area contributed by atoms with Gasteiger partial charge in [-0.15, -0.1) is 0 Å². The van der Waals surface area contributed by atoms with Gasteiger partial charge in [-0.05, 0) is 40.0 Å². The number of nitrogens with zero attached hydrogens (tertiary/aromatic N) is 2. The Morgan fingerprint density at radius 2 is 1.77 bits per heavy atom. The molecule has 0 saturated heterocycles. The lowest BCUT2D eigenvalue weighted by Crippen LogP contribution is -2.41. The van der Waals surface area contributed by atoms with E-state index < -0.39 is 17.2 Å². The Morgan fingerprint density at radius 1 is 1.10 bits per heavy atom. The Hall–Kier alpha value is -3.13. The van der Waals surface area contributed by atoms with Crippen LogP contribution in [0.15, 0.2) is 68.7 Å². The molecule has 8 heteroatoms. The number of aromatic nitrogens is 2. The molecule has 1 heterocycles. The number of hydrogen-bond donors (Lipinski definition) is 2. The number of carbonyl (C=O) groups is 1. The van der Waals surface area contributed by atoms with E-state index in [0.717, 1.165) is 12.0 Å². The number of nitrogens with one attached hydrogen (secondary N) is 1. The molecule has 156 valence electrons. The van der Waals surface area contributed by atoms with Crippen molar-refractivity contribution < 1.29 is 4.79 Å². The van der Waals surface area contributed by atoms with Crippen LogP contribution in [0.25, 0.3) is 0 Å². The van der Waals surface area contributed by atoms with Crippen molar-refractivity contribution in [3.8, 4) is 0 Å². The predicted molar refractivity (Wildman–Crippen MR) is 122 cm³/mol. The van der Waals surface area contributed by atoms with Crippen LogP contribution in [-0.2, 0) is 13.1 Å². The van der Waals surface area contributed by atoms with E-state index >= 15 is 0 Å². The number of halogens is 1. The van der Waals surface area contributed by atoms with Crippen molar-refractivity contribution in [2.45, 2.75) is 32.9 Å². The quantitative estimate of drug-likeness (QED) is 0.551. The molecule has 0 aliphatic carbocycles. The first-order chi connectivity index (χ1) is 14.4. The molecular formula is C22H23BrN4O3. The van der Waals surface area contributed by atoms with Crippen LogP contribution in [0, 0.1) is 0 Å². The first-order valence-electron chi connectivity index (χ1n) is 9.67. The zero-order valence-corrected chi connectivity index (χ0v) is 18.2. The van der Waals surface area contributed by atoms with Gasteiger partial charge < -0.3 is 5.73 Å². The highest BCUT2D eigenvalue weighted by molar-refractivity contribution is 9.10. The molecule has 1 amide bonds. The number of aromatic amines is 1. The van der Waals surface area contributed by atoms with E-state index in [1.807, 2.05) is 37.3 Å². The highest BCUT2D eigenvalue weighted by Gasteiger charge is 2.26. The van der Waals surface area contributed by atoms with Crippen molar-refractivity contribution in [1.82, 2.24) is 9.55 Å². The van der Waals surface area contributed by atoms with E-state index in [1.54, 1.807) is 24.3 Å². The minimum Gasteiger partial charge on any atom is -0.383 e. The third-order valence-electron chi connectivity index (χ3n) is 4.75. The Labute approximate surface area is 182 Å².